The number of pyridine rings is 2. The fourth-order valence-corrected chi connectivity index (χ4v) is 6.42. The molecule has 0 radical (unpaired) electrons. The molecule has 0 saturated heterocycles. The van der Waals surface area contributed by atoms with Gasteiger partial charge in [0, 0.05) is 22.6 Å². The Morgan fingerprint density at radius 3 is 2.74 bits per heavy atom. The number of aromatic nitrogens is 2. The van der Waals surface area contributed by atoms with Crippen LogP contribution in [0, 0.1) is 12.7 Å². The Kier molecular flexibility index (Phi) is 6.35. The Morgan fingerprint density at radius 1 is 1.31 bits per heavy atom. The summed E-state index contributed by atoms with van der Waals surface area (Å²) in [6.45, 7) is 4.39. The normalized spacial score (nSPS) is 21.6. The Hall–Kier alpha value is -4.36. The average molecular weight is 581 g/mol. The standard InChI is InChI=1S/C29H29FN4O8/c1-4-29(40)16-7-20-23-14(9-34(20)26(37)15(16)10-41-27(29)38)22-18(33-25(36)24(35)12(3)42-28(31)39)6-5-13-11(2)17(30)8-19(32-23)21(13)22/h7-8,12,18,24,35,40H,4-6,9-10H2,1-3H3,(H2,31,39)(H,33,36)/t12-,18-,24?,29-/m0/s1. The van der Waals surface area contributed by atoms with Gasteiger partial charge in [0.05, 0.1) is 35.1 Å². The number of aliphatic hydroxyl groups excluding tert-OH is 1. The van der Waals surface area contributed by atoms with Gasteiger partial charge in [-0.25, -0.2) is 19.0 Å². The number of nitrogens with one attached hydrogen (secondary N) is 1. The van der Waals surface area contributed by atoms with Gasteiger partial charge in [-0.15, -0.1) is 0 Å². The fourth-order valence-electron chi connectivity index (χ4n) is 6.42. The van der Waals surface area contributed by atoms with Gasteiger partial charge in [-0.3, -0.25) is 9.59 Å². The SMILES string of the molecule is CC[C@@]1(O)C(=O)OCc2c1cc1n(c2=O)Cc2c-1nc1cc(F)c(C)c3c1c2[C@@H](NC(=O)C(O)[C@H](C)OC(N)=O)CC3. The first-order valence-corrected chi connectivity index (χ1v) is 13.6. The summed E-state index contributed by atoms with van der Waals surface area (Å²) in [5.74, 6) is -2.10. The van der Waals surface area contributed by atoms with Crippen molar-refractivity contribution in [3.05, 3.63) is 61.7 Å². The monoisotopic (exact) mass is 580 g/mol. The highest BCUT2D eigenvalue weighted by Gasteiger charge is 2.46. The van der Waals surface area contributed by atoms with E-state index in [0.29, 0.717) is 51.8 Å². The molecule has 42 heavy (non-hydrogen) atoms. The number of hydrogen-bond donors (Lipinski definition) is 4. The number of ether oxygens (including phenoxy) is 2. The number of aliphatic hydroxyl groups is 2. The number of fused-ring (bicyclic) bond motifs is 5. The van der Waals surface area contributed by atoms with Crippen LogP contribution in [0.4, 0.5) is 9.18 Å². The van der Waals surface area contributed by atoms with Crippen molar-refractivity contribution in [2.75, 3.05) is 0 Å². The van der Waals surface area contributed by atoms with E-state index >= 15 is 4.39 Å². The lowest BCUT2D eigenvalue weighted by Gasteiger charge is -2.31. The first kappa shape index (κ1) is 27.8. The van der Waals surface area contributed by atoms with E-state index in [2.05, 4.69) is 5.32 Å². The summed E-state index contributed by atoms with van der Waals surface area (Å²) in [4.78, 5) is 55.2. The molecule has 0 bridgehead atoms. The van der Waals surface area contributed by atoms with E-state index in [1.54, 1.807) is 19.9 Å². The Morgan fingerprint density at radius 2 is 2.05 bits per heavy atom. The average Bonchev–Trinajstić information content (AvgIpc) is 3.32. The maximum absolute atomic E-state index is 15.1. The van der Waals surface area contributed by atoms with Gasteiger partial charge in [0.25, 0.3) is 11.5 Å². The molecule has 2 aromatic heterocycles. The summed E-state index contributed by atoms with van der Waals surface area (Å²) in [6.07, 6.45) is -3.32. The number of rotatable bonds is 5. The van der Waals surface area contributed by atoms with Gasteiger partial charge in [0.1, 0.15) is 18.5 Å². The van der Waals surface area contributed by atoms with Crippen LogP contribution in [-0.4, -0.2) is 49.9 Å². The first-order valence-electron chi connectivity index (χ1n) is 13.6. The molecule has 3 aliphatic rings. The topological polar surface area (TPSA) is 183 Å². The minimum atomic E-state index is -2.01. The highest BCUT2D eigenvalue weighted by atomic mass is 19.1. The second-order valence-corrected chi connectivity index (χ2v) is 11.0. The molecule has 0 fully saturated rings. The van der Waals surface area contributed by atoms with E-state index < -0.39 is 53.2 Å². The maximum atomic E-state index is 15.1. The van der Waals surface area contributed by atoms with Gasteiger partial charge in [-0.1, -0.05) is 6.92 Å². The second kappa shape index (κ2) is 9.60. The lowest BCUT2D eigenvalue weighted by atomic mass is 9.81. The molecular formula is C29H29FN4O8. The van der Waals surface area contributed by atoms with Crippen LogP contribution in [0.15, 0.2) is 16.9 Å². The smallest absolute Gasteiger partial charge is 0.404 e. The molecule has 13 heteroatoms. The zero-order valence-electron chi connectivity index (χ0n) is 23.1. The molecule has 0 saturated carbocycles. The number of carbonyl (C=O) groups excluding carboxylic acids is 3. The molecule has 4 heterocycles. The van der Waals surface area contributed by atoms with E-state index in [9.17, 15) is 29.4 Å². The fraction of sp³-hybridized carbons (Fsp3) is 0.414. The van der Waals surface area contributed by atoms with Crippen molar-refractivity contribution in [2.24, 2.45) is 5.73 Å². The zero-order chi connectivity index (χ0) is 30.2. The Labute approximate surface area is 238 Å². The Bertz CT molecular complexity index is 1790. The van der Waals surface area contributed by atoms with Gasteiger partial charge < -0.3 is 35.3 Å². The molecule has 0 spiro atoms. The van der Waals surface area contributed by atoms with E-state index in [-0.39, 0.29) is 30.7 Å². The number of esters is 1. The molecule has 220 valence electrons. The van der Waals surface area contributed by atoms with Crippen LogP contribution < -0.4 is 16.6 Å². The van der Waals surface area contributed by atoms with Crippen LogP contribution in [0.25, 0.3) is 22.3 Å². The molecule has 1 aromatic carbocycles. The lowest BCUT2D eigenvalue weighted by molar-refractivity contribution is -0.172. The van der Waals surface area contributed by atoms with Crippen molar-refractivity contribution >= 4 is 28.9 Å². The molecule has 1 aliphatic carbocycles. The van der Waals surface area contributed by atoms with Crippen LogP contribution in [0.5, 0.6) is 0 Å². The molecule has 2 amide bonds. The summed E-state index contributed by atoms with van der Waals surface area (Å²) in [6, 6.07) is 2.20. The van der Waals surface area contributed by atoms with Crippen LogP contribution >= 0.6 is 0 Å². The predicted molar refractivity (Wildman–Crippen MR) is 145 cm³/mol. The number of carbonyl (C=O) groups is 3. The summed E-state index contributed by atoms with van der Waals surface area (Å²) in [5, 5.41) is 25.2. The van der Waals surface area contributed by atoms with Crippen LogP contribution in [0.1, 0.15) is 66.1 Å². The van der Waals surface area contributed by atoms with Crippen LogP contribution in [-0.2, 0) is 44.2 Å². The number of primary amides is 1. The van der Waals surface area contributed by atoms with Crippen molar-refractivity contribution in [3.8, 4) is 11.4 Å². The third-order valence-electron chi connectivity index (χ3n) is 8.71. The van der Waals surface area contributed by atoms with E-state index in [1.807, 2.05) is 0 Å². The number of nitrogens with two attached hydrogens (primary N) is 1. The number of aryl methyl sites for hydroxylation is 1. The second-order valence-electron chi connectivity index (χ2n) is 11.0. The summed E-state index contributed by atoms with van der Waals surface area (Å²) in [7, 11) is 0. The van der Waals surface area contributed by atoms with E-state index in [0.717, 1.165) is 5.56 Å². The van der Waals surface area contributed by atoms with Crippen LogP contribution in [0.2, 0.25) is 0 Å². The van der Waals surface area contributed by atoms with E-state index in [1.165, 1.54) is 17.6 Å². The molecule has 12 nitrogen and oxygen atoms in total. The molecule has 3 aromatic rings. The highest BCUT2D eigenvalue weighted by molar-refractivity contribution is 5.94. The quantitative estimate of drug-likeness (QED) is 0.254. The summed E-state index contributed by atoms with van der Waals surface area (Å²) < 4.78 is 26.4. The maximum Gasteiger partial charge on any atom is 0.404 e. The number of halogens is 1. The van der Waals surface area contributed by atoms with Gasteiger partial charge in [-0.2, -0.15) is 0 Å². The van der Waals surface area contributed by atoms with Gasteiger partial charge in [0.2, 0.25) is 0 Å². The minimum Gasteiger partial charge on any atom is -0.458 e. The summed E-state index contributed by atoms with van der Waals surface area (Å²) >= 11 is 0. The molecule has 5 N–H and O–H groups in total. The first-order chi connectivity index (χ1) is 19.9. The minimum absolute atomic E-state index is 0.0207. The number of amides is 2. The lowest BCUT2D eigenvalue weighted by Crippen LogP contribution is -2.45. The largest absolute Gasteiger partial charge is 0.458 e. The zero-order valence-corrected chi connectivity index (χ0v) is 23.1. The van der Waals surface area contributed by atoms with Crippen molar-refractivity contribution in [3.63, 3.8) is 0 Å². The number of cyclic esters (lactones) is 1. The molecule has 1 unspecified atom stereocenters. The number of benzene rings is 1. The Balaban J connectivity index is 1.54. The molecular weight excluding hydrogens is 551 g/mol. The molecule has 6 rings (SSSR count). The van der Waals surface area contributed by atoms with E-state index in [4.69, 9.17) is 20.2 Å². The molecule has 2 aliphatic heterocycles. The van der Waals surface area contributed by atoms with Gasteiger partial charge in [0.15, 0.2) is 11.7 Å². The summed E-state index contributed by atoms with van der Waals surface area (Å²) in [5.41, 5.74) is 6.30. The van der Waals surface area contributed by atoms with Crippen molar-refractivity contribution < 1.29 is 38.5 Å². The third-order valence-corrected chi connectivity index (χ3v) is 8.71. The molecule has 4 atom stereocenters. The number of nitrogens with zero attached hydrogens (tertiary/aromatic N) is 2. The number of hydrogen-bond acceptors (Lipinski definition) is 9. The predicted octanol–water partition coefficient (Wildman–Crippen LogP) is 1.48. The van der Waals surface area contributed by atoms with Crippen molar-refractivity contribution in [1.82, 2.24) is 14.9 Å². The van der Waals surface area contributed by atoms with Crippen molar-refractivity contribution in [2.45, 2.75) is 77.0 Å². The van der Waals surface area contributed by atoms with Gasteiger partial charge in [-0.05, 0) is 55.9 Å². The van der Waals surface area contributed by atoms with Crippen molar-refractivity contribution in [1.29, 1.82) is 0 Å². The highest BCUT2D eigenvalue weighted by Crippen LogP contribution is 2.46. The van der Waals surface area contributed by atoms with Crippen LogP contribution in [0.3, 0.4) is 0 Å². The van der Waals surface area contributed by atoms with Gasteiger partial charge >= 0.3 is 12.1 Å². The third kappa shape index (κ3) is 3.91.